The number of nitrogens with two attached hydrogens (primary N) is 1. The van der Waals surface area contributed by atoms with E-state index in [4.69, 9.17) is 5.73 Å². The highest BCUT2D eigenvalue weighted by Gasteiger charge is 2.28. The highest BCUT2D eigenvalue weighted by atomic mass is 16.1. The molecular formula is C9H19N3O. The molecule has 0 radical (unpaired) electrons. The van der Waals surface area contributed by atoms with Crippen LogP contribution in [0.5, 0.6) is 0 Å². The Balaban J connectivity index is 2.41. The largest absolute Gasteiger partial charge is 0.368 e. The molecule has 0 aliphatic carbocycles. The Bertz CT molecular complexity index is 185. The van der Waals surface area contributed by atoms with Crippen molar-refractivity contribution in [2.45, 2.75) is 38.3 Å². The molecule has 0 spiro atoms. The van der Waals surface area contributed by atoms with Crippen molar-refractivity contribution in [3.63, 3.8) is 0 Å². The average Bonchev–Trinajstić information content (AvgIpc) is 2.05. The lowest BCUT2D eigenvalue weighted by Gasteiger charge is -2.31. The van der Waals surface area contributed by atoms with Crippen molar-refractivity contribution in [2.24, 2.45) is 5.73 Å². The predicted molar refractivity (Wildman–Crippen MR) is 52.3 cm³/mol. The molecule has 0 bridgehead atoms. The van der Waals surface area contributed by atoms with E-state index in [1.54, 1.807) is 0 Å². The van der Waals surface area contributed by atoms with Crippen LogP contribution >= 0.6 is 0 Å². The zero-order valence-electron chi connectivity index (χ0n) is 8.39. The number of rotatable bonds is 3. The molecule has 1 aliphatic heterocycles. The van der Waals surface area contributed by atoms with Gasteiger partial charge in [0, 0.05) is 6.04 Å². The molecule has 0 aromatic heterocycles. The summed E-state index contributed by atoms with van der Waals surface area (Å²) in [6.07, 6.45) is 2.13. The van der Waals surface area contributed by atoms with Gasteiger partial charge in [0.2, 0.25) is 5.91 Å². The zero-order chi connectivity index (χ0) is 9.90. The first kappa shape index (κ1) is 10.5. The van der Waals surface area contributed by atoms with Gasteiger partial charge in [0.25, 0.3) is 0 Å². The van der Waals surface area contributed by atoms with E-state index in [1.807, 2.05) is 13.8 Å². The number of primary amides is 1. The van der Waals surface area contributed by atoms with Gasteiger partial charge in [-0.05, 0) is 39.8 Å². The molecule has 0 saturated carbocycles. The smallest absolute Gasteiger partial charge is 0.237 e. The predicted octanol–water partition coefficient (Wildman–Crippen LogP) is -0.408. The Hall–Kier alpha value is -0.610. The molecule has 0 atom stereocenters. The van der Waals surface area contributed by atoms with Crippen LogP contribution in [0.15, 0.2) is 0 Å². The monoisotopic (exact) mass is 185 g/mol. The van der Waals surface area contributed by atoms with Crippen molar-refractivity contribution < 1.29 is 4.79 Å². The highest BCUT2D eigenvalue weighted by Crippen LogP contribution is 2.09. The summed E-state index contributed by atoms with van der Waals surface area (Å²) in [5.41, 5.74) is 4.69. The minimum absolute atomic E-state index is 0.286. The standard InChI is InChI=1S/C9H19N3O/c1-9(2,8(10)13)12-7-3-5-11-6-4-7/h7,11-12H,3-6H2,1-2H3,(H2,10,13). The first-order chi connectivity index (χ1) is 6.02. The summed E-state index contributed by atoms with van der Waals surface area (Å²) in [5, 5.41) is 6.55. The summed E-state index contributed by atoms with van der Waals surface area (Å²) < 4.78 is 0. The van der Waals surface area contributed by atoms with Crippen LogP contribution in [0, 0.1) is 0 Å². The quantitative estimate of drug-likeness (QED) is 0.560. The van der Waals surface area contributed by atoms with E-state index < -0.39 is 5.54 Å². The van der Waals surface area contributed by atoms with Crippen LogP contribution < -0.4 is 16.4 Å². The van der Waals surface area contributed by atoms with Crippen LogP contribution in [0.4, 0.5) is 0 Å². The van der Waals surface area contributed by atoms with Gasteiger partial charge < -0.3 is 16.4 Å². The Kier molecular flexibility index (Phi) is 3.27. The van der Waals surface area contributed by atoms with Gasteiger partial charge in [-0.15, -0.1) is 0 Å². The average molecular weight is 185 g/mol. The minimum Gasteiger partial charge on any atom is -0.368 e. The maximum Gasteiger partial charge on any atom is 0.237 e. The second-order valence-electron chi connectivity index (χ2n) is 4.16. The summed E-state index contributed by atoms with van der Waals surface area (Å²) in [7, 11) is 0. The molecule has 1 amide bonds. The maximum atomic E-state index is 11.0. The van der Waals surface area contributed by atoms with Crippen molar-refractivity contribution in [1.29, 1.82) is 0 Å². The van der Waals surface area contributed by atoms with Gasteiger partial charge in [0.1, 0.15) is 0 Å². The summed E-state index contributed by atoms with van der Waals surface area (Å²) in [5.74, 6) is -0.286. The minimum atomic E-state index is -0.581. The van der Waals surface area contributed by atoms with Crippen LogP contribution in [-0.4, -0.2) is 30.6 Å². The van der Waals surface area contributed by atoms with E-state index in [0.717, 1.165) is 25.9 Å². The molecule has 0 aromatic carbocycles. The molecular weight excluding hydrogens is 166 g/mol. The molecule has 1 saturated heterocycles. The van der Waals surface area contributed by atoms with Gasteiger partial charge in [0.15, 0.2) is 0 Å². The van der Waals surface area contributed by atoms with E-state index in [0.29, 0.717) is 6.04 Å². The molecule has 1 fully saturated rings. The summed E-state index contributed by atoms with van der Waals surface area (Å²) in [4.78, 5) is 11.0. The van der Waals surface area contributed by atoms with Crippen molar-refractivity contribution in [1.82, 2.24) is 10.6 Å². The Labute approximate surface area is 79.3 Å². The Morgan fingerprint density at radius 1 is 1.46 bits per heavy atom. The van der Waals surface area contributed by atoms with Crippen LogP contribution in [0.3, 0.4) is 0 Å². The molecule has 13 heavy (non-hydrogen) atoms. The molecule has 0 aromatic rings. The van der Waals surface area contributed by atoms with Gasteiger partial charge in [-0.3, -0.25) is 4.79 Å². The molecule has 1 rings (SSSR count). The molecule has 1 heterocycles. The SMILES string of the molecule is CC(C)(NC1CCNCC1)C(N)=O. The zero-order valence-corrected chi connectivity index (χ0v) is 8.39. The number of hydrogen-bond acceptors (Lipinski definition) is 3. The third kappa shape index (κ3) is 2.97. The number of hydrogen-bond donors (Lipinski definition) is 3. The van der Waals surface area contributed by atoms with Gasteiger partial charge in [0.05, 0.1) is 5.54 Å². The van der Waals surface area contributed by atoms with Crippen LogP contribution in [0.2, 0.25) is 0 Å². The number of piperidine rings is 1. The Morgan fingerprint density at radius 3 is 2.46 bits per heavy atom. The number of carbonyl (C=O) groups excluding carboxylic acids is 1. The maximum absolute atomic E-state index is 11.0. The Morgan fingerprint density at radius 2 is 2.00 bits per heavy atom. The number of carbonyl (C=O) groups is 1. The number of nitrogens with one attached hydrogen (secondary N) is 2. The van der Waals surface area contributed by atoms with Crippen molar-refractivity contribution in [3.8, 4) is 0 Å². The highest BCUT2D eigenvalue weighted by molar-refractivity contribution is 5.83. The van der Waals surface area contributed by atoms with Gasteiger partial charge in [-0.2, -0.15) is 0 Å². The normalized spacial score (nSPS) is 20.2. The molecule has 0 unspecified atom stereocenters. The lowest BCUT2D eigenvalue weighted by atomic mass is 9.99. The fourth-order valence-electron chi connectivity index (χ4n) is 1.55. The first-order valence-corrected chi connectivity index (χ1v) is 4.81. The van der Waals surface area contributed by atoms with E-state index in [2.05, 4.69) is 10.6 Å². The van der Waals surface area contributed by atoms with Crippen LogP contribution in [0.1, 0.15) is 26.7 Å². The summed E-state index contributed by atoms with van der Waals surface area (Å²) in [6.45, 7) is 5.70. The number of amides is 1. The fourth-order valence-corrected chi connectivity index (χ4v) is 1.55. The molecule has 1 aliphatic rings. The van der Waals surface area contributed by atoms with Gasteiger partial charge in [-0.1, -0.05) is 0 Å². The lowest BCUT2D eigenvalue weighted by molar-refractivity contribution is -0.123. The molecule has 4 N–H and O–H groups in total. The van der Waals surface area contributed by atoms with E-state index in [9.17, 15) is 4.79 Å². The van der Waals surface area contributed by atoms with Crippen molar-refractivity contribution in [3.05, 3.63) is 0 Å². The third-order valence-corrected chi connectivity index (χ3v) is 2.52. The van der Waals surface area contributed by atoms with Gasteiger partial charge in [-0.25, -0.2) is 0 Å². The van der Waals surface area contributed by atoms with E-state index >= 15 is 0 Å². The molecule has 76 valence electrons. The van der Waals surface area contributed by atoms with Gasteiger partial charge >= 0.3 is 0 Å². The van der Waals surface area contributed by atoms with Crippen molar-refractivity contribution in [2.75, 3.05) is 13.1 Å². The molecule has 4 nitrogen and oxygen atoms in total. The summed E-state index contributed by atoms with van der Waals surface area (Å²) >= 11 is 0. The van der Waals surface area contributed by atoms with Crippen LogP contribution in [0.25, 0.3) is 0 Å². The second-order valence-corrected chi connectivity index (χ2v) is 4.16. The lowest BCUT2D eigenvalue weighted by Crippen LogP contribution is -2.56. The summed E-state index contributed by atoms with van der Waals surface area (Å²) in [6, 6.07) is 0.420. The van der Waals surface area contributed by atoms with Crippen molar-refractivity contribution >= 4 is 5.91 Å². The third-order valence-electron chi connectivity index (χ3n) is 2.52. The molecule has 4 heteroatoms. The van der Waals surface area contributed by atoms with E-state index in [-0.39, 0.29) is 5.91 Å². The topological polar surface area (TPSA) is 67.2 Å². The first-order valence-electron chi connectivity index (χ1n) is 4.81. The van der Waals surface area contributed by atoms with E-state index in [1.165, 1.54) is 0 Å². The fraction of sp³-hybridized carbons (Fsp3) is 0.889. The van der Waals surface area contributed by atoms with Crippen LogP contribution in [-0.2, 0) is 4.79 Å². The second kappa shape index (κ2) is 4.07.